The van der Waals surface area contributed by atoms with E-state index in [9.17, 15) is 0 Å². The van der Waals surface area contributed by atoms with Crippen molar-refractivity contribution in [2.24, 2.45) is 0 Å². The Kier molecular flexibility index (Phi) is 7.73. The first-order valence-corrected chi connectivity index (χ1v) is 6.31. The van der Waals surface area contributed by atoms with Crippen LogP contribution in [-0.4, -0.2) is 12.2 Å². The summed E-state index contributed by atoms with van der Waals surface area (Å²) in [6, 6.07) is 8.48. The van der Waals surface area contributed by atoms with Crippen molar-refractivity contribution in [1.29, 1.82) is 0 Å². The number of aliphatic hydroxyl groups is 1. The Morgan fingerprint density at radius 1 is 1.17 bits per heavy atom. The summed E-state index contributed by atoms with van der Waals surface area (Å²) in [5, 5.41) is 7.00. The molecule has 98 valence electrons. The number of benzene rings is 1. The number of rotatable bonds is 1. The van der Waals surface area contributed by atoms with Crippen LogP contribution in [0, 0.1) is 0 Å². The van der Waals surface area contributed by atoms with Crippen LogP contribution in [0.1, 0.15) is 37.8 Å². The Balaban J connectivity index is 0.000000659. The van der Waals surface area contributed by atoms with Crippen LogP contribution >= 0.6 is 0 Å². The van der Waals surface area contributed by atoms with E-state index in [0.29, 0.717) is 5.92 Å². The molecule has 1 heteroatoms. The van der Waals surface area contributed by atoms with Crippen molar-refractivity contribution >= 4 is 5.57 Å². The van der Waals surface area contributed by atoms with Gasteiger partial charge in [-0.05, 0) is 22.3 Å². The van der Waals surface area contributed by atoms with Gasteiger partial charge in [0.25, 0.3) is 0 Å². The van der Waals surface area contributed by atoms with Crippen molar-refractivity contribution < 1.29 is 5.11 Å². The summed E-state index contributed by atoms with van der Waals surface area (Å²) in [6.45, 7) is 14.1. The van der Waals surface area contributed by atoms with Gasteiger partial charge in [0.15, 0.2) is 0 Å². The first-order chi connectivity index (χ1) is 8.75. The van der Waals surface area contributed by atoms with Crippen molar-refractivity contribution in [2.45, 2.75) is 26.7 Å². The van der Waals surface area contributed by atoms with Crippen molar-refractivity contribution in [2.75, 3.05) is 7.11 Å². The highest BCUT2D eigenvalue weighted by molar-refractivity contribution is 5.87. The zero-order chi connectivity index (χ0) is 14.1. The van der Waals surface area contributed by atoms with Gasteiger partial charge in [0, 0.05) is 13.0 Å². The Morgan fingerprint density at radius 2 is 1.72 bits per heavy atom. The second-order valence-electron chi connectivity index (χ2n) is 3.65. The van der Waals surface area contributed by atoms with Crippen molar-refractivity contribution in [3.05, 3.63) is 66.3 Å². The molecule has 1 N–H and O–H groups in total. The highest BCUT2D eigenvalue weighted by Gasteiger charge is 2.25. The van der Waals surface area contributed by atoms with Crippen LogP contribution in [0.3, 0.4) is 0 Å². The summed E-state index contributed by atoms with van der Waals surface area (Å²) in [5.74, 6) is 0.442. The van der Waals surface area contributed by atoms with Crippen molar-refractivity contribution in [3.63, 3.8) is 0 Å². The van der Waals surface area contributed by atoms with Gasteiger partial charge in [0.05, 0.1) is 0 Å². The van der Waals surface area contributed by atoms with Crippen LogP contribution in [0.4, 0.5) is 0 Å². The SMILES string of the molecule is C=C/C=C1\C(=C)C(C)c2ccccc21.CC.CO. The number of hydrogen-bond acceptors (Lipinski definition) is 1. The van der Waals surface area contributed by atoms with E-state index >= 15 is 0 Å². The molecule has 0 heterocycles. The van der Waals surface area contributed by atoms with E-state index in [2.05, 4.69) is 44.3 Å². The molecule has 0 aliphatic heterocycles. The van der Waals surface area contributed by atoms with Gasteiger partial charge in [-0.2, -0.15) is 0 Å². The van der Waals surface area contributed by atoms with Crippen LogP contribution in [0.25, 0.3) is 5.57 Å². The van der Waals surface area contributed by atoms with Gasteiger partial charge in [0.2, 0.25) is 0 Å². The Bertz CT molecular complexity index is 427. The minimum Gasteiger partial charge on any atom is -0.400 e. The molecule has 1 aliphatic rings. The summed E-state index contributed by atoms with van der Waals surface area (Å²) in [6.07, 6.45) is 3.88. The third-order valence-corrected chi connectivity index (χ3v) is 2.87. The Hall–Kier alpha value is -1.60. The normalized spacial score (nSPS) is 18.2. The van der Waals surface area contributed by atoms with E-state index in [1.165, 1.54) is 22.3 Å². The number of allylic oxidation sites excluding steroid dienone is 4. The lowest BCUT2D eigenvalue weighted by atomic mass is 10.0. The maximum atomic E-state index is 7.00. The standard InChI is InChI=1S/C14H14.C2H6.CH4O/c1-4-7-12-10(2)11(3)13-8-5-6-9-14(12)13;2*1-2/h4-9,11H,1-2H2,3H3;1-2H3;2H,1H3/b12-7+;;. The summed E-state index contributed by atoms with van der Waals surface area (Å²) in [4.78, 5) is 0. The van der Waals surface area contributed by atoms with E-state index in [0.717, 1.165) is 7.11 Å². The Morgan fingerprint density at radius 3 is 2.28 bits per heavy atom. The number of fused-ring (bicyclic) bond motifs is 1. The smallest absolute Gasteiger partial charge is 0.0319 e. The van der Waals surface area contributed by atoms with Gasteiger partial charge in [0.1, 0.15) is 0 Å². The van der Waals surface area contributed by atoms with Crippen LogP contribution < -0.4 is 0 Å². The molecule has 0 radical (unpaired) electrons. The highest BCUT2D eigenvalue weighted by Crippen LogP contribution is 2.43. The zero-order valence-electron chi connectivity index (χ0n) is 11.9. The first kappa shape index (κ1) is 16.4. The molecule has 0 saturated carbocycles. The molecule has 2 rings (SSSR count). The predicted molar refractivity (Wildman–Crippen MR) is 81.7 cm³/mol. The molecular formula is C17H24O. The number of aliphatic hydroxyl groups excluding tert-OH is 1. The third kappa shape index (κ3) is 3.21. The molecule has 1 atom stereocenters. The predicted octanol–water partition coefficient (Wildman–Crippen LogP) is 4.56. The van der Waals surface area contributed by atoms with E-state index in [1.807, 2.05) is 26.0 Å². The van der Waals surface area contributed by atoms with Crippen molar-refractivity contribution in [1.82, 2.24) is 0 Å². The fourth-order valence-electron chi connectivity index (χ4n) is 2.03. The monoisotopic (exact) mass is 244 g/mol. The lowest BCUT2D eigenvalue weighted by molar-refractivity contribution is 0.399. The van der Waals surface area contributed by atoms with Gasteiger partial charge in [-0.3, -0.25) is 0 Å². The van der Waals surface area contributed by atoms with E-state index < -0.39 is 0 Å². The molecule has 0 saturated heterocycles. The molecule has 0 aromatic heterocycles. The fourth-order valence-corrected chi connectivity index (χ4v) is 2.03. The second kappa shape index (κ2) is 8.48. The molecule has 0 fully saturated rings. The van der Waals surface area contributed by atoms with Crippen LogP contribution in [0.2, 0.25) is 0 Å². The summed E-state index contributed by atoms with van der Waals surface area (Å²) in [5.41, 5.74) is 5.13. The molecule has 18 heavy (non-hydrogen) atoms. The van der Waals surface area contributed by atoms with E-state index in [4.69, 9.17) is 5.11 Å². The topological polar surface area (TPSA) is 20.2 Å². The first-order valence-electron chi connectivity index (χ1n) is 6.31. The third-order valence-electron chi connectivity index (χ3n) is 2.87. The number of hydrogen-bond donors (Lipinski definition) is 1. The summed E-state index contributed by atoms with van der Waals surface area (Å²) < 4.78 is 0. The Labute approximate surface area is 111 Å². The lowest BCUT2D eigenvalue weighted by Crippen LogP contribution is -1.86. The summed E-state index contributed by atoms with van der Waals surface area (Å²) in [7, 11) is 1.00. The molecule has 1 nitrogen and oxygen atoms in total. The largest absolute Gasteiger partial charge is 0.400 e. The van der Waals surface area contributed by atoms with Gasteiger partial charge in [-0.25, -0.2) is 0 Å². The molecular weight excluding hydrogens is 220 g/mol. The molecule has 1 aliphatic carbocycles. The van der Waals surface area contributed by atoms with Gasteiger partial charge >= 0.3 is 0 Å². The molecule has 1 aromatic carbocycles. The van der Waals surface area contributed by atoms with Crippen LogP contribution in [0.15, 0.2) is 55.1 Å². The minimum absolute atomic E-state index is 0.442. The molecule has 0 bridgehead atoms. The summed E-state index contributed by atoms with van der Waals surface area (Å²) >= 11 is 0. The lowest BCUT2D eigenvalue weighted by Gasteiger charge is -2.03. The maximum absolute atomic E-state index is 7.00. The van der Waals surface area contributed by atoms with E-state index in [1.54, 1.807) is 0 Å². The molecule has 1 unspecified atom stereocenters. The average Bonchev–Trinajstić information content (AvgIpc) is 2.69. The molecule has 0 spiro atoms. The van der Waals surface area contributed by atoms with Gasteiger partial charge in [-0.15, -0.1) is 0 Å². The minimum atomic E-state index is 0.442. The van der Waals surface area contributed by atoms with Gasteiger partial charge in [-0.1, -0.05) is 70.3 Å². The van der Waals surface area contributed by atoms with Crippen LogP contribution in [0.5, 0.6) is 0 Å². The second-order valence-corrected chi connectivity index (χ2v) is 3.65. The highest BCUT2D eigenvalue weighted by atomic mass is 16.2. The maximum Gasteiger partial charge on any atom is 0.0319 e. The van der Waals surface area contributed by atoms with E-state index in [-0.39, 0.29) is 0 Å². The quantitative estimate of drug-likeness (QED) is 0.767. The average molecular weight is 244 g/mol. The van der Waals surface area contributed by atoms with Crippen molar-refractivity contribution in [3.8, 4) is 0 Å². The molecule has 0 amide bonds. The zero-order valence-corrected chi connectivity index (χ0v) is 11.9. The fraction of sp³-hybridized carbons (Fsp3) is 0.294. The van der Waals surface area contributed by atoms with Gasteiger partial charge < -0.3 is 5.11 Å². The molecule has 1 aromatic rings. The van der Waals surface area contributed by atoms with Crippen LogP contribution in [-0.2, 0) is 0 Å².